The Hall–Kier alpha value is -0.390. The highest BCUT2D eigenvalue weighted by Crippen LogP contribution is 2.25. The molecule has 2 heterocycles. The molecule has 1 aromatic rings. The van der Waals surface area contributed by atoms with Crippen molar-refractivity contribution in [2.45, 2.75) is 18.9 Å². The molecule has 1 aliphatic heterocycles. The van der Waals surface area contributed by atoms with Gasteiger partial charge in [0.2, 0.25) is 11.2 Å². The lowest BCUT2D eigenvalue weighted by Crippen LogP contribution is -2.34. The first-order valence-corrected chi connectivity index (χ1v) is 5.98. The minimum atomic E-state index is 0.210. The third-order valence-corrected chi connectivity index (χ3v) is 2.97. The number of aromatic nitrogens is 2. The summed E-state index contributed by atoms with van der Waals surface area (Å²) < 4.78 is 6.49. The first-order chi connectivity index (χ1) is 7.25. The van der Waals surface area contributed by atoms with Crippen LogP contribution < -0.4 is 10.1 Å². The number of hydrogen-bond acceptors (Lipinski definition) is 4. The number of halogens is 2. The van der Waals surface area contributed by atoms with Crippen molar-refractivity contribution >= 4 is 27.5 Å². The second-order valence-electron chi connectivity index (χ2n) is 3.36. The lowest BCUT2D eigenvalue weighted by Gasteiger charge is -2.23. The van der Waals surface area contributed by atoms with Crippen LogP contribution in [0, 0.1) is 0 Å². The van der Waals surface area contributed by atoms with Gasteiger partial charge >= 0.3 is 0 Å². The van der Waals surface area contributed by atoms with Gasteiger partial charge < -0.3 is 10.1 Å². The third-order valence-electron chi connectivity index (χ3n) is 2.25. The predicted molar refractivity (Wildman–Crippen MR) is 61.3 cm³/mol. The van der Waals surface area contributed by atoms with Crippen molar-refractivity contribution in [3.8, 4) is 5.88 Å². The van der Waals surface area contributed by atoms with E-state index in [1.165, 1.54) is 0 Å². The maximum Gasteiger partial charge on any atom is 0.232 e. The molecule has 1 aliphatic rings. The molecule has 82 valence electrons. The highest BCUT2D eigenvalue weighted by atomic mass is 79.9. The zero-order chi connectivity index (χ0) is 10.7. The van der Waals surface area contributed by atoms with Crippen molar-refractivity contribution in [2.75, 3.05) is 13.1 Å². The van der Waals surface area contributed by atoms with E-state index in [-0.39, 0.29) is 11.4 Å². The fourth-order valence-corrected chi connectivity index (χ4v) is 1.90. The standard InChI is InChI=1S/C9H11BrClN3O/c10-7-5-13-9(11)14-8(7)15-6-1-3-12-4-2-6/h5-6,12H,1-4H2. The van der Waals surface area contributed by atoms with Gasteiger partial charge in [0.15, 0.2) is 0 Å². The number of ether oxygens (including phenoxy) is 1. The first-order valence-electron chi connectivity index (χ1n) is 4.81. The molecule has 1 N–H and O–H groups in total. The van der Waals surface area contributed by atoms with Crippen LogP contribution in [0.1, 0.15) is 12.8 Å². The Morgan fingerprint density at radius 3 is 2.93 bits per heavy atom. The molecule has 1 fully saturated rings. The van der Waals surface area contributed by atoms with Gasteiger partial charge in [0.1, 0.15) is 6.10 Å². The summed E-state index contributed by atoms with van der Waals surface area (Å²) in [5.74, 6) is 0.530. The van der Waals surface area contributed by atoms with Gasteiger partial charge in [-0.1, -0.05) is 0 Å². The lowest BCUT2D eigenvalue weighted by atomic mass is 10.1. The predicted octanol–water partition coefficient (Wildman–Crippen LogP) is 2.02. The average Bonchev–Trinajstić information content (AvgIpc) is 2.25. The molecule has 1 aromatic heterocycles. The van der Waals surface area contributed by atoms with Crippen molar-refractivity contribution < 1.29 is 4.74 Å². The van der Waals surface area contributed by atoms with Crippen LogP contribution >= 0.6 is 27.5 Å². The van der Waals surface area contributed by atoms with Crippen molar-refractivity contribution in [1.29, 1.82) is 0 Å². The Kier molecular flexibility index (Phi) is 3.77. The van der Waals surface area contributed by atoms with Gasteiger partial charge in [-0.2, -0.15) is 4.98 Å². The molecule has 0 radical (unpaired) electrons. The van der Waals surface area contributed by atoms with Gasteiger partial charge in [-0.15, -0.1) is 0 Å². The minimum absolute atomic E-state index is 0.210. The van der Waals surface area contributed by atoms with Gasteiger partial charge in [0.25, 0.3) is 0 Å². The Balaban J connectivity index is 2.05. The fraction of sp³-hybridized carbons (Fsp3) is 0.556. The van der Waals surface area contributed by atoms with E-state index in [0.29, 0.717) is 5.88 Å². The second-order valence-corrected chi connectivity index (χ2v) is 4.55. The zero-order valence-electron chi connectivity index (χ0n) is 8.04. The summed E-state index contributed by atoms with van der Waals surface area (Å²) in [6.07, 6.45) is 3.81. The van der Waals surface area contributed by atoms with Gasteiger partial charge in [0.05, 0.1) is 4.47 Å². The molecule has 6 heteroatoms. The maximum absolute atomic E-state index is 5.74. The molecular formula is C9H11BrClN3O. The zero-order valence-corrected chi connectivity index (χ0v) is 10.4. The van der Waals surface area contributed by atoms with E-state index < -0.39 is 0 Å². The molecule has 0 aliphatic carbocycles. The molecule has 0 bridgehead atoms. The monoisotopic (exact) mass is 291 g/mol. The van der Waals surface area contributed by atoms with E-state index in [1.807, 2.05) is 0 Å². The van der Waals surface area contributed by atoms with E-state index in [1.54, 1.807) is 6.20 Å². The van der Waals surface area contributed by atoms with Crippen LogP contribution in [0.15, 0.2) is 10.7 Å². The summed E-state index contributed by atoms with van der Waals surface area (Å²) in [6, 6.07) is 0. The van der Waals surface area contributed by atoms with E-state index in [4.69, 9.17) is 16.3 Å². The van der Waals surface area contributed by atoms with Crippen LogP contribution in [0.4, 0.5) is 0 Å². The Morgan fingerprint density at radius 1 is 1.47 bits per heavy atom. The quantitative estimate of drug-likeness (QED) is 0.847. The number of nitrogens with one attached hydrogen (secondary N) is 1. The van der Waals surface area contributed by atoms with E-state index in [0.717, 1.165) is 30.4 Å². The summed E-state index contributed by atoms with van der Waals surface area (Å²) in [5, 5.41) is 3.49. The largest absolute Gasteiger partial charge is 0.473 e. The van der Waals surface area contributed by atoms with E-state index in [2.05, 4.69) is 31.2 Å². The summed E-state index contributed by atoms with van der Waals surface area (Å²) in [6.45, 7) is 1.97. The highest BCUT2D eigenvalue weighted by Gasteiger charge is 2.16. The number of nitrogens with zero attached hydrogens (tertiary/aromatic N) is 2. The Bertz CT molecular complexity index is 344. The molecule has 0 amide bonds. The van der Waals surface area contributed by atoms with Crippen molar-refractivity contribution in [3.63, 3.8) is 0 Å². The SMILES string of the molecule is Clc1ncc(Br)c(OC2CCNCC2)n1. The van der Waals surface area contributed by atoms with Gasteiger partial charge in [-0.25, -0.2) is 4.98 Å². The molecule has 0 saturated carbocycles. The average molecular weight is 293 g/mol. The van der Waals surface area contributed by atoms with E-state index >= 15 is 0 Å². The normalized spacial score (nSPS) is 17.7. The van der Waals surface area contributed by atoms with Gasteiger partial charge in [-0.05, 0) is 53.5 Å². The van der Waals surface area contributed by atoms with Crippen LogP contribution in [0.5, 0.6) is 5.88 Å². The molecule has 0 aromatic carbocycles. The fourth-order valence-electron chi connectivity index (χ4n) is 1.49. The van der Waals surface area contributed by atoms with Gasteiger partial charge in [-0.3, -0.25) is 0 Å². The van der Waals surface area contributed by atoms with Crippen LogP contribution in [-0.2, 0) is 0 Å². The molecule has 0 spiro atoms. The van der Waals surface area contributed by atoms with Gasteiger partial charge in [0, 0.05) is 6.20 Å². The molecule has 0 unspecified atom stereocenters. The number of hydrogen-bond donors (Lipinski definition) is 1. The minimum Gasteiger partial charge on any atom is -0.473 e. The summed E-state index contributed by atoms with van der Waals surface area (Å²) >= 11 is 9.03. The van der Waals surface area contributed by atoms with Crippen molar-refractivity contribution in [1.82, 2.24) is 15.3 Å². The van der Waals surface area contributed by atoms with Crippen LogP contribution in [0.25, 0.3) is 0 Å². The smallest absolute Gasteiger partial charge is 0.232 e. The first kappa shape index (κ1) is 11.1. The molecule has 15 heavy (non-hydrogen) atoms. The van der Waals surface area contributed by atoms with Crippen LogP contribution in [0.2, 0.25) is 5.28 Å². The summed E-state index contributed by atoms with van der Waals surface area (Å²) in [7, 11) is 0. The van der Waals surface area contributed by atoms with Crippen molar-refractivity contribution in [3.05, 3.63) is 16.0 Å². The lowest BCUT2D eigenvalue weighted by molar-refractivity contribution is 0.154. The highest BCUT2D eigenvalue weighted by molar-refractivity contribution is 9.10. The topological polar surface area (TPSA) is 47.0 Å². The molecule has 2 rings (SSSR count). The summed E-state index contributed by atoms with van der Waals surface area (Å²) in [5.41, 5.74) is 0. The van der Waals surface area contributed by atoms with Crippen molar-refractivity contribution in [2.24, 2.45) is 0 Å². The Labute approximate surface area is 102 Å². The van der Waals surface area contributed by atoms with Crippen LogP contribution in [-0.4, -0.2) is 29.2 Å². The second kappa shape index (κ2) is 5.09. The molecular weight excluding hydrogens is 281 g/mol. The summed E-state index contributed by atoms with van der Waals surface area (Å²) in [4.78, 5) is 7.88. The molecule has 4 nitrogen and oxygen atoms in total. The third kappa shape index (κ3) is 3.03. The van der Waals surface area contributed by atoms with E-state index in [9.17, 15) is 0 Å². The van der Waals surface area contributed by atoms with Crippen LogP contribution in [0.3, 0.4) is 0 Å². The number of rotatable bonds is 2. The number of piperidine rings is 1. The maximum atomic E-state index is 5.74. The molecule has 1 saturated heterocycles. The molecule has 0 atom stereocenters. The Morgan fingerprint density at radius 2 is 2.20 bits per heavy atom.